The minimum absolute atomic E-state index is 0.0275. The van der Waals surface area contributed by atoms with Crippen molar-refractivity contribution in [3.8, 4) is 45.0 Å². The maximum Gasteiger partial charge on any atom is 0.227 e. The van der Waals surface area contributed by atoms with Crippen LogP contribution in [-0.4, -0.2) is 16.5 Å². The van der Waals surface area contributed by atoms with Gasteiger partial charge in [-0.3, -0.25) is 0 Å². The summed E-state index contributed by atoms with van der Waals surface area (Å²) in [5.74, 6) is 0.636. The van der Waals surface area contributed by atoms with Gasteiger partial charge in [0.15, 0.2) is 5.58 Å². The van der Waals surface area contributed by atoms with Crippen LogP contribution >= 0.6 is 0 Å². The van der Waals surface area contributed by atoms with E-state index in [0.29, 0.717) is 5.89 Å². The summed E-state index contributed by atoms with van der Waals surface area (Å²) in [6, 6.07) is 46.5. The van der Waals surface area contributed by atoms with Gasteiger partial charge in [0.05, 0.1) is 17.4 Å². The van der Waals surface area contributed by atoms with Gasteiger partial charge < -0.3 is 15.1 Å². The summed E-state index contributed by atoms with van der Waals surface area (Å²) >= 11 is 0. The van der Waals surface area contributed by atoms with Gasteiger partial charge in [0, 0.05) is 46.3 Å². The van der Waals surface area contributed by atoms with Gasteiger partial charge in [-0.05, 0) is 58.7 Å². The highest BCUT2D eigenvalue weighted by molar-refractivity contribution is 6.00. The van der Waals surface area contributed by atoms with Gasteiger partial charge in [0.2, 0.25) is 5.89 Å². The summed E-state index contributed by atoms with van der Waals surface area (Å²) in [4.78, 5) is 9.95. The quantitative estimate of drug-likeness (QED) is 0.204. The lowest BCUT2D eigenvalue weighted by molar-refractivity contribution is 0.620. The van der Waals surface area contributed by atoms with Crippen LogP contribution in [0, 0.1) is 0 Å². The van der Waals surface area contributed by atoms with E-state index in [4.69, 9.17) is 14.4 Å². The molecule has 5 nitrogen and oxygen atoms in total. The molecule has 224 valence electrons. The molecule has 0 aliphatic carbocycles. The fourth-order valence-corrected chi connectivity index (χ4v) is 6.65. The normalized spacial score (nSPS) is 14.9. The Morgan fingerprint density at radius 1 is 0.617 bits per heavy atom. The molecule has 0 saturated heterocycles. The Balaban J connectivity index is 1.03. The van der Waals surface area contributed by atoms with Gasteiger partial charge in [-0.15, -0.1) is 0 Å². The van der Waals surface area contributed by atoms with Crippen molar-refractivity contribution in [2.75, 3.05) is 11.9 Å². The number of hydrogen-bond acceptors (Lipinski definition) is 5. The van der Waals surface area contributed by atoms with E-state index in [9.17, 15) is 0 Å². The van der Waals surface area contributed by atoms with Gasteiger partial charge in [0.25, 0.3) is 0 Å². The zero-order valence-electron chi connectivity index (χ0n) is 25.5. The molecule has 5 heteroatoms. The second-order valence-electron chi connectivity index (χ2n) is 11.9. The molecule has 9 rings (SSSR count). The zero-order valence-corrected chi connectivity index (χ0v) is 25.5. The zero-order chi connectivity index (χ0) is 31.2. The second-order valence-corrected chi connectivity index (χ2v) is 11.9. The predicted molar refractivity (Wildman–Crippen MR) is 191 cm³/mol. The fourth-order valence-electron chi connectivity index (χ4n) is 6.65. The molecule has 2 aliphatic heterocycles. The van der Waals surface area contributed by atoms with Crippen LogP contribution in [0.1, 0.15) is 22.9 Å². The Labute approximate surface area is 273 Å². The predicted octanol–water partition coefficient (Wildman–Crippen LogP) is 9.91. The van der Waals surface area contributed by atoms with E-state index in [-0.39, 0.29) is 6.04 Å². The number of para-hydroxylation sites is 1. The number of anilines is 1. The summed E-state index contributed by atoms with van der Waals surface area (Å²) < 4.78 is 6.27. The van der Waals surface area contributed by atoms with Gasteiger partial charge in [0.1, 0.15) is 5.52 Å². The van der Waals surface area contributed by atoms with Crippen LogP contribution in [0.4, 0.5) is 5.69 Å². The smallest absolute Gasteiger partial charge is 0.227 e. The number of pyridine rings is 1. The molecule has 0 amide bonds. The maximum absolute atomic E-state index is 6.27. The van der Waals surface area contributed by atoms with Crippen LogP contribution in [0.15, 0.2) is 156 Å². The Bertz CT molecular complexity index is 2320. The molecule has 47 heavy (non-hydrogen) atoms. The molecule has 0 bridgehead atoms. The van der Waals surface area contributed by atoms with E-state index in [0.717, 1.165) is 62.5 Å². The molecule has 1 atom stereocenters. The molecule has 7 aromatic rings. The number of allylic oxidation sites excluding steroid dienone is 2. The molecule has 2 aliphatic rings. The van der Waals surface area contributed by atoms with Crippen molar-refractivity contribution in [1.82, 2.24) is 15.3 Å². The lowest BCUT2D eigenvalue weighted by Crippen LogP contribution is -2.18. The number of hydrogen-bond donors (Lipinski definition) is 2. The standard InChI is InChI=1S/C42H30N4O/c1-2-8-31(9-3-1)42-46-41-38(47-42)24-23-34-39(41)33-11-4-5-12-37(33)45-40(34)30-21-17-28(18-22-30)27-15-19-29(20-16-27)35-13-6-14-36(44-35)32-10-7-25-43-26-32/h1-24,26,40,43,45H,25H2. The van der Waals surface area contributed by atoms with Crippen molar-refractivity contribution in [1.29, 1.82) is 0 Å². The minimum atomic E-state index is -0.0275. The number of dihydropyridines is 1. The Hall–Kier alpha value is -6.20. The van der Waals surface area contributed by atoms with Crippen LogP contribution in [-0.2, 0) is 0 Å². The first-order valence-corrected chi connectivity index (χ1v) is 15.9. The first-order valence-electron chi connectivity index (χ1n) is 15.9. The van der Waals surface area contributed by atoms with Crippen molar-refractivity contribution in [3.05, 3.63) is 169 Å². The number of aromatic nitrogens is 2. The highest BCUT2D eigenvalue weighted by atomic mass is 16.3. The molecular weight excluding hydrogens is 576 g/mol. The lowest BCUT2D eigenvalue weighted by atomic mass is 9.85. The lowest BCUT2D eigenvalue weighted by Gasteiger charge is -2.30. The van der Waals surface area contributed by atoms with E-state index < -0.39 is 0 Å². The van der Waals surface area contributed by atoms with Crippen LogP contribution in [0.3, 0.4) is 0 Å². The Kier molecular flexibility index (Phi) is 6.53. The van der Waals surface area contributed by atoms with Crippen LogP contribution in [0.5, 0.6) is 0 Å². The third-order valence-electron chi connectivity index (χ3n) is 9.01. The van der Waals surface area contributed by atoms with Crippen LogP contribution in [0.25, 0.3) is 61.6 Å². The van der Waals surface area contributed by atoms with Crippen LogP contribution in [0.2, 0.25) is 0 Å². The molecule has 0 fully saturated rings. The molecular formula is C42H30N4O. The largest absolute Gasteiger partial charge is 0.436 e. The monoisotopic (exact) mass is 606 g/mol. The first kappa shape index (κ1) is 27.1. The van der Waals surface area contributed by atoms with Crippen molar-refractivity contribution < 1.29 is 4.42 Å². The number of fused-ring (bicyclic) bond motifs is 5. The van der Waals surface area contributed by atoms with Gasteiger partial charge in [-0.25, -0.2) is 9.97 Å². The van der Waals surface area contributed by atoms with Crippen molar-refractivity contribution in [2.45, 2.75) is 6.04 Å². The minimum Gasteiger partial charge on any atom is -0.436 e. The number of rotatable bonds is 5. The van der Waals surface area contributed by atoms with Crippen molar-refractivity contribution >= 4 is 22.4 Å². The topological polar surface area (TPSA) is 63.0 Å². The van der Waals surface area contributed by atoms with E-state index in [2.05, 4.69) is 126 Å². The van der Waals surface area contributed by atoms with Gasteiger partial charge in [-0.2, -0.15) is 0 Å². The number of nitrogens with zero attached hydrogens (tertiary/aromatic N) is 2. The summed E-state index contributed by atoms with van der Waals surface area (Å²) in [5, 5.41) is 7.07. The molecule has 5 aromatic carbocycles. The van der Waals surface area contributed by atoms with Gasteiger partial charge in [-0.1, -0.05) is 109 Å². The number of oxazole rings is 1. The summed E-state index contributed by atoms with van der Waals surface area (Å²) in [5.41, 5.74) is 14.8. The van der Waals surface area contributed by atoms with Crippen LogP contribution < -0.4 is 10.6 Å². The molecule has 0 spiro atoms. The van der Waals surface area contributed by atoms with E-state index in [1.807, 2.05) is 36.5 Å². The summed E-state index contributed by atoms with van der Waals surface area (Å²) in [6.07, 6.45) is 6.25. The number of benzene rings is 5. The Morgan fingerprint density at radius 2 is 1.36 bits per heavy atom. The fraction of sp³-hybridized carbons (Fsp3) is 0.0476. The highest BCUT2D eigenvalue weighted by Gasteiger charge is 2.29. The average Bonchev–Trinajstić information content (AvgIpc) is 3.60. The Morgan fingerprint density at radius 3 is 2.17 bits per heavy atom. The van der Waals surface area contributed by atoms with E-state index in [1.54, 1.807) is 0 Å². The van der Waals surface area contributed by atoms with Crippen molar-refractivity contribution in [2.24, 2.45) is 0 Å². The van der Waals surface area contributed by atoms with E-state index >= 15 is 0 Å². The SMILES string of the molecule is C1=CC(c2cccc(-c3ccc(-c4ccc(C5Nc6ccccc6-c6c5ccc5oc(-c7ccccc7)nc65)cc4)cc3)n2)=CNC1. The molecule has 4 heterocycles. The third kappa shape index (κ3) is 4.89. The molecule has 2 aromatic heterocycles. The van der Waals surface area contributed by atoms with E-state index in [1.165, 1.54) is 22.3 Å². The maximum atomic E-state index is 6.27. The molecule has 0 saturated carbocycles. The summed E-state index contributed by atoms with van der Waals surface area (Å²) in [7, 11) is 0. The third-order valence-corrected chi connectivity index (χ3v) is 9.01. The average molecular weight is 607 g/mol. The molecule has 2 N–H and O–H groups in total. The second kappa shape index (κ2) is 11.3. The molecule has 1 unspecified atom stereocenters. The highest BCUT2D eigenvalue weighted by Crippen LogP contribution is 2.46. The number of nitrogens with one attached hydrogen (secondary N) is 2. The molecule has 0 radical (unpaired) electrons. The first-order chi connectivity index (χ1) is 23.3. The van der Waals surface area contributed by atoms with Crippen molar-refractivity contribution in [3.63, 3.8) is 0 Å². The summed E-state index contributed by atoms with van der Waals surface area (Å²) in [6.45, 7) is 0.853. The van der Waals surface area contributed by atoms with Gasteiger partial charge >= 0.3 is 0 Å².